The van der Waals surface area contributed by atoms with Crippen LogP contribution in [0.2, 0.25) is 0 Å². The number of aliphatic carboxylic acids is 1. The zero-order valence-corrected chi connectivity index (χ0v) is 29.8. The lowest BCUT2D eigenvalue weighted by Crippen LogP contribution is -2.60. The third-order valence-corrected chi connectivity index (χ3v) is 13.2. The molecule has 0 heterocycles. The summed E-state index contributed by atoms with van der Waals surface area (Å²) in [6, 6.07) is 0. The summed E-state index contributed by atoms with van der Waals surface area (Å²) in [5.41, 5.74) is 1.55. The van der Waals surface area contributed by atoms with Gasteiger partial charge in [0.15, 0.2) is 0 Å². The molecule has 0 bridgehead atoms. The van der Waals surface area contributed by atoms with Crippen molar-refractivity contribution in [2.75, 3.05) is 7.11 Å². The Bertz CT molecular complexity index is 1310. The van der Waals surface area contributed by atoms with Crippen molar-refractivity contribution in [3.63, 3.8) is 0 Å². The molecule has 10 atom stereocenters. The number of ether oxygens (including phenoxy) is 4. The molecule has 4 unspecified atom stereocenters. The number of hydrogen-bond acceptors (Lipinski definition) is 8. The fraction of sp³-hybridized carbons (Fsp3) is 0.784. The molecule has 0 radical (unpaired) electrons. The number of carbonyl (C=O) groups excluding carboxylic acids is 3. The Morgan fingerprint density at radius 2 is 1.52 bits per heavy atom. The molecular weight excluding hydrogens is 588 g/mol. The fourth-order valence-electron chi connectivity index (χ4n) is 10.6. The first kappa shape index (κ1) is 36.2. The molecule has 4 rings (SSSR count). The number of fused-ring (bicyclic) bond motifs is 4. The number of carboxylic acids is 1. The Kier molecular flexibility index (Phi) is 10.0. The van der Waals surface area contributed by atoms with Crippen LogP contribution in [0.15, 0.2) is 22.8 Å². The van der Waals surface area contributed by atoms with E-state index in [0.717, 1.165) is 32.1 Å². The van der Waals surface area contributed by atoms with Gasteiger partial charge in [0.2, 0.25) is 0 Å². The van der Waals surface area contributed by atoms with E-state index in [1.807, 2.05) is 0 Å². The van der Waals surface area contributed by atoms with Crippen LogP contribution in [0.3, 0.4) is 0 Å². The van der Waals surface area contributed by atoms with Gasteiger partial charge in [0, 0.05) is 50.7 Å². The molecular formula is C37H56O9. The number of hydrogen-bond donors (Lipinski definition) is 1. The van der Waals surface area contributed by atoms with E-state index in [-0.39, 0.29) is 70.1 Å². The molecule has 0 spiro atoms. The monoisotopic (exact) mass is 644 g/mol. The third kappa shape index (κ3) is 5.83. The molecule has 0 amide bonds. The maximum Gasteiger partial charge on any atom is 0.330 e. The van der Waals surface area contributed by atoms with Gasteiger partial charge in [-0.1, -0.05) is 53.2 Å². The van der Waals surface area contributed by atoms with Gasteiger partial charge in [0.05, 0.1) is 6.10 Å². The topological polar surface area (TPSA) is 125 Å². The van der Waals surface area contributed by atoms with Gasteiger partial charge >= 0.3 is 23.9 Å². The van der Waals surface area contributed by atoms with Gasteiger partial charge in [-0.05, 0) is 79.6 Å². The van der Waals surface area contributed by atoms with Crippen LogP contribution in [0.25, 0.3) is 0 Å². The molecule has 2 fully saturated rings. The molecule has 2 saturated carbocycles. The Morgan fingerprint density at radius 3 is 2.07 bits per heavy atom. The average Bonchev–Trinajstić information content (AvgIpc) is 3.18. The van der Waals surface area contributed by atoms with E-state index < -0.39 is 29.6 Å². The molecule has 0 aromatic carbocycles. The molecule has 0 aromatic heterocycles. The molecule has 0 aromatic rings. The van der Waals surface area contributed by atoms with Gasteiger partial charge < -0.3 is 24.1 Å². The zero-order chi connectivity index (χ0) is 34.6. The second-order valence-corrected chi connectivity index (χ2v) is 15.8. The van der Waals surface area contributed by atoms with Crippen molar-refractivity contribution >= 4 is 23.9 Å². The molecule has 4 aliphatic carbocycles. The normalized spacial score (nSPS) is 38.1. The Balaban J connectivity index is 1.84. The first-order chi connectivity index (χ1) is 21.2. The first-order valence-corrected chi connectivity index (χ1v) is 16.9. The summed E-state index contributed by atoms with van der Waals surface area (Å²) in [5, 5.41) is 9.46. The zero-order valence-electron chi connectivity index (χ0n) is 29.8. The van der Waals surface area contributed by atoms with Crippen molar-refractivity contribution in [2.45, 2.75) is 139 Å². The predicted octanol–water partition coefficient (Wildman–Crippen LogP) is 6.82. The van der Waals surface area contributed by atoms with E-state index in [9.17, 15) is 24.3 Å². The summed E-state index contributed by atoms with van der Waals surface area (Å²) in [5.74, 6) is -1.91. The van der Waals surface area contributed by atoms with Gasteiger partial charge in [-0.15, -0.1) is 0 Å². The summed E-state index contributed by atoms with van der Waals surface area (Å²) < 4.78 is 24.4. The maximum absolute atomic E-state index is 12.7. The summed E-state index contributed by atoms with van der Waals surface area (Å²) in [4.78, 5) is 48.6. The molecule has 1 N–H and O–H groups in total. The number of methoxy groups -OCH3 is 1. The highest BCUT2D eigenvalue weighted by Crippen LogP contribution is 2.73. The second kappa shape index (κ2) is 12.7. The number of carbonyl (C=O) groups is 4. The minimum absolute atomic E-state index is 0.0120. The van der Waals surface area contributed by atoms with Crippen LogP contribution in [0.1, 0.15) is 114 Å². The highest BCUT2D eigenvalue weighted by Gasteiger charge is 2.70. The number of rotatable bonds is 9. The van der Waals surface area contributed by atoms with E-state index in [2.05, 4.69) is 41.5 Å². The molecule has 258 valence electrons. The summed E-state index contributed by atoms with van der Waals surface area (Å²) in [7, 11) is 1.76. The van der Waals surface area contributed by atoms with Crippen LogP contribution in [0, 0.1) is 39.4 Å². The smallest absolute Gasteiger partial charge is 0.330 e. The largest absolute Gasteiger partial charge is 0.478 e. The lowest BCUT2D eigenvalue weighted by Gasteiger charge is -2.64. The minimum Gasteiger partial charge on any atom is -0.478 e. The van der Waals surface area contributed by atoms with Gasteiger partial charge in [0.1, 0.15) is 18.3 Å². The van der Waals surface area contributed by atoms with Crippen LogP contribution in [0.4, 0.5) is 0 Å². The van der Waals surface area contributed by atoms with Crippen molar-refractivity contribution in [3.8, 4) is 0 Å². The molecule has 9 nitrogen and oxygen atoms in total. The molecule has 9 heteroatoms. The van der Waals surface area contributed by atoms with E-state index in [1.54, 1.807) is 20.1 Å². The van der Waals surface area contributed by atoms with Crippen LogP contribution in [0.5, 0.6) is 0 Å². The summed E-state index contributed by atoms with van der Waals surface area (Å²) >= 11 is 0. The summed E-state index contributed by atoms with van der Waals surface area (Å²) in [6.07, 6.45) is 5.36. The average molecular weight is 645 g/mol. The van der Waals surface area contributed by atoms with Crippen LogP contribution in [-0.2, 0) is 38.1 Å². The summed E-state index contributed by atoms with van der Waals surface area (Å²) in [6.45, 7) is 19.3. The van der Waals surface area contributed by atoms with Crippen LogP contribution < -0.4 is 0 Å². The molecule has 4 aliphatic rings. The fourth-order valence-corrected chi connectivity index (χ4v) is 10.6. The number of esters is 3. The van der Waals surface area contributed by atoms with E-state index in [0.29, 0.717) is 6.42 Å². The van der Waals surface area contributed by atoms with Crippen molar-refractivity contribution < 1.29 is 43.2 Å². The van der Waals surface area contributed by atoms with E-state index in [4.69, 9.17) is 18.9 Å². The molecule has 46 heavy (non-hydrogen) atoms. The van der Waals surface area contributed by atoms with Crippen molar-refractivity contribution in [1.82, 2.24) is 0 Å². The Labute approximate surface area is 274 Å². The van der Waals surface area contributed by atoms with Crippen molar-refractivity contribution in [2.24, 2.45) is 39.4 Å². The Morgan fingerprint density at radius 1 is 0.913 bits per heavy atom. The standard InChI is InChI=1S/C37H56O9/c1-20(33(41)42)12-13-27(44-22(3)38)21(2)26-18-31(46-24(5)40)37(10)32-25(14-17-36(26,37)9)35(8)16-15-30(45-23(4)39)34(6,7)29(35)19-28(32)43-11/h12,21,26-31H,13-19H2,1-11H3,(H,41,42)/b20-12-/t21-,26+,27?,28?,29-,30?,31?,35+,36+,37-/m0/s1. The highest BCUT2D eigenvalue weighted by molar-refractivity contribution is 5.85. The van der Waals surface area contributed by atoms with Gasteiger partial charge in [-0.2, -0.15) is 0 Å². The quantitative estimate of drug-likeness (QED) is 0.125. The van der Waals surface area contributed by atoms with Crippen LogP contribution in [-0.4, -0.2) is 60.5 Å². The minimum atomic E-state index is -1.00. The molecule has 0 saturated heterocycles. The third-order valence-electron chi connectivity index (χ3n) is 13.2. The lowest BCUT2D eigenvalue weighted by molar-refractivity contribution is -0.172. The van der Waals surface area contributed by atoms with Gasteiger partial charge in [0.25, 0.3) is 0 Å². The van der Waals surface area contributed by atoms with Crippen molar-refractivity contribution in [1.29, 1.82) is 0 Å². The second-order valence-electron chi connectivity index (χ2n) is 15.8. The SMILES string of the molecule is COC1C[C@H]2C(C)(C)C(OC(C)=O)CC[C@]2(C)C2=C1[C@]1(C)C(OC(C)=O)C[C@H]([C@H](C)C(C/C=C(/C)C(=O)O)OC(C)=O)[C@@]1(C)CC2. The van der Waals surface area contributed by atoms with Crippen molar-refractivity contribution in [3.05, 3.63) is 22.8 Å². The van der Waals surface area contributed by atoms with Gasteiger partial charge in [-0.3, -0.25) is 14.4 Å². The first-order valence-electron chi connectivity index (χ1n) is 16.9. The van der Waals surface area contributed by atoms with E-state index >= 15 is 0 Å². The number of carboxylic acid groups (broad SMARTS) is 1. The van der Waals surface area contributed by atoms with Crippen LogP contribution >= 0.6 is 0 Å². The highest BCUT2D eigenvalue weighted by atomic mass is 16.6. The van der Waals surface area contributed by atoms with E-state index in [1.165, 1.54) is 31.9 Å². The van der Waals surface area contributed by atoms with Gasteiger partial charge in [-0.25, -0.2) is 4.79 Å². The molecule has 0 aliphatic heterocycles. The predicted molar refractivity (Wildman–Crippen MR) is 172 cm³/mol. The maximum atomic E-state index is 12.7. The lowest BCUT2D eigenvalue weighted by atomic mass is 9.42. The number of allylic oxidation sites excluding steroid dienone is 1. The Hall–Kier alpha value is -2.68.